The molecule has 1 amide bonds. The number of ether oxygens (including phenoxy) is 1. The lowest BCUT2D eigenvalue weighted by atomic mass is 9.70. The maximum absolute atomic E-state index is 13.7. The molecule has 1 N–H and O–H groups in total. The van der Waals surface area contributed by atoms with E-state index in [1.807, 2.05) is 0 Å². The van der Waals surface area contributed by atoms with E-state index in [2.05, 4.69) is 43.0 Å². The molecule has 1 heterocycles. The van der Waals surface area contributed by atoms with Gasteiger partial charge in [-0.1, -0.05) is 33.4 Å². The minimum atomic E-state index is -0.837. The summed E-state index contributed by atoms with van der Waals surface area (Å²) in [5, 5.41) is 8.88. The average molecular weight is 495 g/mol. The van der Waals surface area contributed by atoms with Gasteiger partial charge in [-0.25, -0.2) is 4.79 Å². The maximum atomic E-state index is 13.7. The summed E-state index contributed by atoms with van der Waals surface area (Å²) in [7, 11) is 0. The van der Waals surface area contributed by atoms with Crippen LogP contribution in [0.1, 0.15) is 71.3 Å². The van der Waals surface area contributed by atoms with E-state index in [1.54, 1.807) is 11.0 Å². The number of hydrogen-bond acceptors (Lipinski definition) is 8. The summed E-state index contributed by atoms with van der Waals surface area (Å²) >= 11 is 0. The predicted octanol–water partition coefficient (Wildman–Crippen LogP) is 5.32. The van der Waals surface area contributed by atoms with Gasteiger partial charge < -0.3 is 15.0 Å². The van der Waals surface area contributed by atoms with Crippen molar-refractivity contribution < 1.29 is 14.3 Å². The van der Waals surface area contributed by atoms with Gasteiger partial charge in [-0.2, -0.15) is 0 Å². The van der Waals surface area contributed by atoms with Gasteiger partial charge in [-0.05, 0) is 84.3 Å². The summed E-state index contributed by atoms with van der Waals surface area (Å²) in [6, 6.07) is 3.86. The summed E-state index contributed by atoms with van der Waals surface area (Å²) < 4.78 is 6.13. The number of benzene rings is 1. The molecular weight excluding hydrogens is 460 g/mol. The van der Waals surface area contributed by atoms with Crippen molar-refractivity contribution in [3.8, 4) is 0 Å². The third-order valence-corrected chi connectivity index (χ3v) is 9.83. The van der Waals surface area contributed by atoms with Crippen molar-refractivity contribution in [2.45, 2.75) is 83.4 Å². The SMILES string of the molecule is C=C(NC1(C(=O)N2CCCC2C(=O)OC2CC3CCC2(C)C3(C)C)CC1)c1ccc(N=O)c(N=O)c1. The summed E-state index contributed by atoms with van der Waals surface area (Å²) in [5.74, 6) is 0.157. The van der Waals surface area contributed by atoms with Crippen molar-refractivity contribution >= 4 is 28.9 Å². The van der Waals surface area contributed by atoms with Crippen molar-refractivity contribution in [3.63, 3.8) is 0 Å². The van der Waals surface area contributed by atoms with Gasteiger partial charge in [0.15, 0.2) is 0 Å². The molecule has 4 aliphatic rings. The lowest BCUT2D eigenvalue weighted by Crippen LogP contribution is -2.52. The Hall–Kier alpha value is -3.10. The van der Waals surface area contributed by atoms with Crippen LogP contribution in [0.4, 0.5) is 11.4 Å². The lowest BCUT2D eigenvalue weighted by molar-refractivity contribution is -0.165. The normalized spacial score (nSPS) is 31.1. The van der Waals surface area contributed by atoms with E-state index in [0.29, 0.717) is 43.0 Å². The molecule has 9 heteroatoms. The Labute approximate surface area is 211 Å². The number of nitroso groups, excluding NO2 is 2. The van der Waals surface area contributed by atoms with E-state index < -0.39 is 11.6 Å². The number of nitrogens with zero attached hydrogens (tertiary/aromatic N) is 3. The summed E-state index contributed by atoms with van der Waals surface area (Å²) in [6.45, 7) is 11.4. The molecule has 0 spiro atoms. The monoisotopic (exact) mass is 494 g/mol. The lowest BCUT2D eigenvalue weighted by Gasteiger charge is -2.39. The van der Waals surface area contributed by atoms with E-state index in [4.69, 9.17) is 4.74 Å². The van der Waals surface area contributed by atoms with Crippen LogP contribution in [0.25, 0.3) is 5.70 Å². The van der Waals surface area contributed by atoms with Gasteiger partial charge in [0, 0.05) is 17.7 Å². The van der Waals surface area contributed by atoms with Gasteiger partial charge in [0.05, 0.1) is 0 Å². The number of esters is 1. The van der Waals surface area contributed by atoms with Crippen LogP contribution in [0.2, 0.25) is 0 Å². The standard InChI is InChI=1S/C27H34N4O5/c1-16(17-7-8-19(29-34)20(14-17)30-35)28-27(11-12-27)24(33)31-13-5-6-21(31)23(32)36-22-15-18-9-10-26(22,4)25(18,2)3/h7-8,14,18,21-22,28H,1,5-6,9-13,15H2,2-4H3. The van der Waals surface area contributed by atoms with E-state index in [9.17, 15) is 19.4 Å². The van der Waals surface area contributed by atoms with Gasteiger partial charge in [0.2, 0.25) is 5.91 Å². The third-order valence-electron chi connectivity index (χ3n) is 9.83. The van der Waals surface area contributed by atoms with Crippen molar-refractivity contribution in [1.29, 1.82) is 0 Å². The second-order valence-corrected chi connectivity index (χ2v) is 11.8. The zero-order valence-electron chi connectivity index (χ0n) is 21.2. The Morgan fingerprint density at radius 2 is 1.81 bits per heavy atom. The first-order valence-electron chi connectivity index (χ1n) is 12.9. The molecule has 1 aromatic rings. The molecule has 0 radical (unpaired) electrons. The molecule has 192 valence electrons. The van der Waals surface area contributed by atoms with Crippen molar-refractivity contribution in [2.75, 3.05) is 6.54 Å². The van der Waals surface area contributed by atoms with Gasteiger partial charge in [0.1, 0.15) is 29.1 Å². The molecule has 0 aromatic heterocycles. The molecule has 3 aliphatic carbocycles. The molecule has 36 heavy (non-hydrogen) atoms. The summed E-state index contributed by atoms with van der Waals surface area (Å²) in [5.41, 5.74) is 0.134. The van der Waals surface area contributed by atoms with Crippen LogP contribution in [0, 0.1) is 26.6 Å². The molecule has 1 aromatic carbocycles. The Bertz CT molecular complexity index is 1140. The molecule has 1 saturated heterocycles. The highest BCUT2D eigenvalue weighted by Crippen LogP contribution is 2.66. The largest absolute Gasteiger partial charge is 0.460 e. The molecule has 4 fully saturated rings. The van der Waals surface area contributed by atoms with E-state index in [1.165, 1.54) is 18.6 Å². The smallest absolute Gasteiger partial charge is 0.329 e. The van der Waals surface area contributed by atoms with Crippen LogP contribution in [0.15, 0.2) is 35.1 Å². The fraction of sp³-hybridized carbons (Fsp3) is 0.630. The number of carbonyl (C=O) groups excluding carboxylic acids is 2. The highest BCUT2D eigenvalue weighted by atomic mass is 16.5. The minimum Gasteiger partial charge on any atom is -0.460 e. The topological polar surface area (TPSA) is 118 Å². The molecule has 9 nitrogen and oxygen atoms in total. The van der Waals surface area contributed by atoms with Crippen LogP contribution in [-0.2, 0) is 14.3 Å². The predicted molar refractivity (Wildman–Crippen MR) is 135 cm³/mol. The minimum absolute atomic E-state index is 0.0259. The Balaban J connectivity index is 1.27. The number of fused-ring (bicyclic) bond motifs is 2. The number of amides is 1. The second-order valence-electron chi connectivity index (χ2n) is 11.8. The maximum Gasteiger partial charge on any atom is 0.329 e. The highest BCUT2D eigenvalue weighted by molar-refractivity contribution is 5.94. The zero-order valence-corrected chi connectivity index (χ0v) is 21.2. The molecule has 5 rings (SSSR count). The molecular formula is C27H34N4O5. The first-order chi connectivity index (χ1) is 17.1. The second kappa shape index (κ2) is 8.49. The quantitative estimate of drug-likeness (QED) is 0.386. The van der Waals surface area contributed by atoms with Crippen LogP contribution in [-0.4, -0.2) is 41.0 Å². The summed E-state index contributed by atoms with van der Waals surface area (Å²) in [6.07, 6.45) is 5.64. The molecule has 4 unspecified atom stereocenters. The summed E-state index contributed by atoms with van der Waals surface area (Å²) in [4.78, 5) is 50.6. The van der Waals surface area contributed by atoms with Crippen LogP contribution in [0.5, 0.6) is 0 Å². The molecule has 2 bridgehead atoms. The van der Waals surface area contributed by atoms with Gasteiger partial charge in [0.25, 0.3) is 0 Å². The van der Waals surface area contributed by atoms with Crippen LogP contribution in [0.3, 0.4) is 0 Å². The van der Waals surface area contributed by atoms with Gasteiger partial charge >= 0.3 is 5.97 Å². The Morgan fingerprint density at radius 1 is 1.08 bits per heavy atom. The van der Waals surface area contributed by atoms with Crippen LogP contribution < -0.4 is 5.32 Å². The van der Waals surface area contributed by atoms with Crippen molar-refractivity contribution in [1.82, 2.24) is 10.2 Å². The number of nitrogens with one attached hydrogen (secondary N) is 1. The van der Waals surface area contributed by atoms with E-state index in [0.717, 1.165) is 19.3 Å². The number of hydrogen-bond donors (Lipinski definition) is 1. The number of likely N-dealkylation sites (tertiary alicyclic amines) is 1. The Kier molecular flexibility index (Phi) is 5.80. The highest BCUT2D eigenvalue weighted by Gasteiger charge is 2.63. The number of carbonyl (C=O) groups is 2. The fourth-order valence-corrected chi connectivity index (χ4v) is 6.80. The molecule has 4 atom stereocenters. The first-order valence-corrected chi connectivity index (χ1v) is 12.9. The van der Waals surface area contributed by atoms with Crippen molar-refractivity contribution in [2.24, 2.45) is 27.1 Å². The van der Waals surface area contributed by atoms with E-state index >= 15 is 0 Å². The number of rotatable bonds is 8. The van der Waals surface area contributed by atoms with Crippen LogP contribution >= 0.6 is 0 Å². The van der Waals surface area contributed by atoms with Gasteiger partial charge in [-0.3, -0.25) is 4.79 Å². The van der Waals surface area contributed by atoms with Gasteiger partial charge in [-0.15, -0.1) is 9.81 Å². The Morgan fingerprint density at radius 3 is 2.39 bits per heavy atom. The fourth-order valence-electron chi connectivity index (χ4n) is 6.80. The zero-order chi connectivity index (χ0) is 25.9. The molecule has 1 aliphatic heterocycles. The van der Waals surface area contributed by atoms with E-state index in [-0.39, 0.29) is 40.2 Å². The third kappa shape index (κ3) is 3.66. The molecule has 3 saturated carbocycles. The van der Waals surface area contributed by atoms with Crippen molar-refractivity contribution in [3.05, 3.63) is 40.2 Å². The average Bonchev–Trinajstić information content (AvgIpc) is 3.33. The first kappa shape index (κ1) is 24.6.